The molecule has 3 heterocycles. The Morgan fingerprint density at radius 2 is 1.79 bits per heavy atom. The molecule has 156 valence electrons. The van der Waals surface area contributed by atoms with Crippen molar-refractivity contribution in [3.05, 3.63) is 42.2 Å². The van der Waals surface area contributed by atoms with Gasteiger partial charge in [-0.05, 0) is 44.4 Å². The van der Waals surface area contributed by atoms with Crippen molar-refractivity contribution < 1.29 is 12.8 Å². The first-order valence-corrected chi connectivity index (χ1v) is 11.7. The van der Waals surface area contributed by atoms with Gasteiger partial charge in [-0.2, -0.15) is 4.31 Å². The molecule has 1 aliphatic carbocycles. The van der Waals surface area contributed by atoms with Crippen LogP contribution in [0.5, 0.6) is 0 Å². The first-order valence-electron chi connectivity index (χ1n) is 10.2. The van der Waals surface area contributed by atoms with E-state index in [9.17, 15) is 12.8 Å². The molecular weight excluding hydrogens is 393 g/mol. The maximum Gasteiger partial charge on any atom is 0.217 e. The third-order valence-corrected chi connectivity index (χ3v) is 9.33. The summed E-state index contributed by atoms with van der Waals surface area (Å²) in [7, 11) is -3.33. The van der Waals surface area contributed by atoms with Gasteiger partial charge in [0.05, 0.1) is 10.9 Å². The number of aromatic nitrogens is 3. The van der Waals surface area contributed by atoms with Gasteiger partial charge >= 0.3 is 0 Å². The minimum atomic E-state index is -3.33. The highest BCUT2D eigenvalue weighted by Gasteiger charge is 2.57. The van der Waals surface area contributed by atoms with Crippen LogP contribution in [0.15, 0.2) is 30.9 Å². The molecule has 9 heteroatoms. The fourth-order valence-corrected chi connectivity index (χ4v) is 6.91. The second-order valence-electron chi connectivity index (χ2n) is 8.75. The number of benzene rings is 1. The Hall–Kier alpha value is -2.00. The highest BCUT2D eigenvalue weighted by molar-refractivity contribution is 7.89. The van der Waals surface area contributed by atoms with Crippen molar-refractivity contribution in [1.29, 1.82) is 0 Å². The van der Waals surface area contributed by atoms with Gasteiger partial charge in [0.15, 0.2) is 0 Å². The number of piperidine rings is 1. The van der Waals surface area contributed by atoms with Crippen LogP contribution in [0.4, 0.5) is 10.1 Å². The second-order valence-corrected chi connectivity index (χ2v) is 11.0. The Labute approximate surface area is 170 Å². The van der Waals surface area contributed by atoms with E-state index in [1.165, 1.54) is 10.4 Å². The molecule has 5 atom stereocenters. The fraction of sp³-hybridized carbons (Fsp3) is 0.600. The van der Waals surface area contributed by atoms with E-state index in [-0.39, 0.29) is 23.7 Å². The maximum absolute atomic E-state index is 14.9. The molecule has 2 aromatic rings. The van der Waals surface area contributed by atoms with Gasteiger partial charge in [0.2, 0.25) is 10.0 Å². The lowest BCUT2D eigenvalue weighted by Crippen LogP contribution is -2.47. The summed E-state index contributed by atoms with van der Waals surface area (Å²) in [6.07, 6.45) is 5.02. The molecule has 2 aliphatic heterocycles. The van der Waals surface area contributed by atoms with E-state index in [0.29, 0.717) is 35.5 Å². The van der Waals surface area contributed by atoms with Gasteiger partial charge in [-0.3, -0.25) is 0 Å². The SMILES string of the molecule is C[C@@H]1CC[C@H](C)N(Cc2ccc(N3C[C@@H]4C(n5cnnc5)[C@@H]4C3)c(F)c2)S1(=O)=O. The Morgan fingerprint density at radius 1 is 1.10 bits per heavy atom. The molecule has 1 aromatic carbocycles. The van der Waals surface area contributed by atoms with E-state index in [4.69, 9.17) is 0 Å². The van der Waals surface area contributed by atoms with Crippen LogP contribution in [-0.4, -0.2) is 51.9 Å². The molecule has 5 rings (SSSR count). The zero-order valence-corrected chi connectivity index (χ0v) is 17.5. The van der Waals surface area contributed by atoms with E-state index in [2.05, 4.69) is 15.1 Å². The lowest BCUT2D eigenvalue weighted by Gasteiger charge is -2.36. The van der Waals surface area contributed by atoms with Gasteiger partial charge in [0.1, 0.15) is 18.5 Å². The van der Waals surface area contributed by atoms with Crippen LogP contribution in [0, 0.1) is 17.7 Å². The number of rotatable bonds is 4. The van der Waals surface area contributed by atoms with Crippen molar-refractivity contribution in [3.8, 4) is 0 Å². The van der Waals surface area contributed by atoms with Gasteiger partial charge in [0, 0.05) is 43.6 Å². The van der Waals surface area contributed by atoms with Crippen molar-refractivity contribution in [3.63, 3.8) is 0 Å². The van der Waals surface area contributed by atoms with Crippen molar-refractivity contribution in [2.24, 2.45) is 11.8 Å². The molecule has 7 nitrogen and oxygen atoms in total. The van der Waals surface area contributed by atoms with Crippen LogP contribution in [-0.2, 0) is 16.6 Å². The quantitative estimate of drug-likeness (QED) is 0.761. The van der Waals surface area contributed by atoms with E-state index in [1.807, 2.05) is 17.6 Å². The Kier molecular flexibility index (Phi) is 4.43. The minimum absolute atomic E-state index is 0.0563. The van der Waals surface area contributed by atoms with Crippen LogP contribution >= 0.6 is 0 Å². The van der Waals surface area contributed by atoms with Gasteiger partial charge in [0.25, 0.3) is 0 Å². The van der Waals surface area contributed by atoms with Crippen LogP contribution in [0.25, 0.3) is 0 Å². The van der Waals surface area contributed by atoms with E-state index < -0.39 is 10.0 Å². The summed E-state index contributed by atoms with van der Waals surface area (Å²) >= 11 is 0. The topological polar surface area (TPSA) is 71.3 Å². The molecule has 2 saturated heterocycles. The number of hydrogen-bond donors (Lipinski definition) is 0. The number of hydrogen-bond acceptors (Lipinski definition) is 5. The summed E-state index contributed by atoms with van der Waals surface area (Å²) in [5, 5.41) is 7.37. The normalized spacial score (nSPS) is 33.6. The van der Waals surface area contributed by atoms with E-state index >= 15 is 0 Å². The standard InChI is InChI=1S/C20H26FN5O2S/c1-13-3-4-14(2)29(27,28)26(13)8-15-5-6-19(18(21)7-15)24-9-16-17(10-24)20(16)25-11-22-23-12-25/h5-7,11-14,16-17,20H,3-4,8-10H2,1-2H3/t13-,14+,16-,17+,20?/m0/s1. The zero-order valence-electron chi connectivity index (χ0n) is 16.6. The second kappa shape index (κ2) is 6.77. The number of sulfonamides is 1. The van der Waals surface area contributed by atoms with Crippen molar-refractivity contribution in [2.75, 3.05) is 18.0 Å². The highest BCUT2D eigenvalue weighted by Crippen LogP contribution is 2.55. The number of nitrogens with zero attached hydrogens (tertiary/aromatic N) is 5. The molecule has 0 bridgehead atoms. The van der Waals surface area contributed by atoms with Crippen LogP contribution in [0.2, 0.25) is 0 Å². The monoisotopic (exact) mass is 419 g/mol. The molecule has 3 aliphatic rings. The number of fused-ring (bicyclic) bond motifs is 1. The van der Waals surface area contributed by atoms with Crippen molar-refractivity contribution in [1.82, 2.24) is 19.1 Å². The van der Waals surface area contributed by atoms with Gasteiger partial charge in [-0.25, -0.2) is 12.8 Å². The zero-order chi connectivity index (χ0) is 20.3. The molecule has 1 aromatic heterocycles. The van der Waals surface area contributed by atoms with Crippen molar-refractivity contribution >= 4 is 15.7 Å². The number of halogens is 1. The molecule has 0 spiro atoms. The van der Waals surface area contributed by atoms with Gasteiger partial charge in [-0.1, -0.05) is 6.07 Å². The minimum Gasteiger partial charge on any atom is -0.368 e. The fourth-order valence-electron chi connectivity index (χ4n) is 5.08. The summed E-state index contributed by atoms with van der Waals surface area (Å²) in [5.74, 6) is 0.733. The van der Waals surface area contributed by atoms with Crippen LogP contribution < -0.4 is 4.90 Å². The summed E-state index contributed by atoms with van der Waals surface area (Å²) in [5.41, 5.74) is 1.30. The summed E-state index contributed by atoms with van der Waals surface area (Å²) in [6, 6.07) is 5.53. The molecule has 0 N–H and O–H groups in total. The smallest absolute Gasteiger partial charge is 0.217 e. The maximum atomic E-state index is 14.9. The predicted octanol–water partition coefficient (Wildman–Crippen LogP) is 2.43. The average Bonchev–Trinajstić information content (AvgIpc) is 3.09. The lowest BCUT2D eigenvalue weighted by molar-refractivity contribution is 0.284. The van der Waals surface area contributed by atoms with Gasteiger partial charge < -0.3 is 9.47 Å². The third-order valence-electron chi connectivity index (χ3n) is 6.94. The Bertz CT molecular complexity index is 1000. The first-order chi connectivity index (χ1) is 13.9. The van der Waals surface area contributed by atoms with Crippen LogP contribution in [0.3, 0.4) is 0 Å². The molecule has 3 fully saturated rings. The molecular formula is C20H26FN5O2S. The molecule has 1 saturated carbocycles. The number of anilines is 1. The molecule has 29 heavy (non-hydrogen) atoms. The largest absolute Gasteiger partial charge is 0.368 e. The molecule has 0 amide bonds. The Balaban J connectivity index is 1.28. The lowest BCUT2D eigenvalue weighted by atomic mass is 10.1. The molecule has 0 radical (unpaired) electrons. The van der Waals surface area contributed by atoms with Gasteiger partial charge in [-0.15, -0.1) is 10.2 Å². The summed E-state index contributed by atoms with van der Waals surface area (Å²) in [6.45, 7) is 5.55. The van der Waals surface area contributed by atoms with E-state index in [1.54, 1.807) is 25.6 Å². The Morgan fingerprint density at radius 3 is 2.45 bits per heavy atom. The third kappa shape index (κ3) is 3.15. The van der Waals surface area contributed by atoms with E-state index in [0.717, 1.165) is 19.5 Å². The van der Waals surface area contributed by atoms with Crippen LogP contribution in [0.1, 0.15) is 38.3 Å². The molecule has 1 unspecified atom stereocenters. The average molecular weight is 420 g/mol. The summed E-state index contributed by atoms with van der Waals surface area (Å²) in [4.78, 5) is 2.09. The highest BCUT2D eigenvalue weighted by atomic mass is 32.2. The van der Waals surface area contributed by atoms with Crippen molar-refractivity contribution in [2.45, 2.75) is 50.6 Å². The summed E-state index contributed by atoms with van der Waals surface area (Å²) < 4.78 is 43.8. The first kappa shape index (κ1) is 19.0. The predicted molar refractivity (Wildman–Crippen MR) is 107 cm³/mol.